The molecule has 4 aliphatic rings. The Morgan fingerprint density at radius 1 is 1.03 bits per heavy atom. The van der Waals surface area contributed by atoms with E-state index in [0.29, 0.717) is 10.8 Å². The Morgan fingerprint density at radius 3 is 2.62 bits per heavy atom. The van der Waals surface area contributed by atoms with E-state index >= 15 is 0 Å². The van der Waals surface area contributed by atoms with E-state index in [1.165, 1.54) is 62.7 Å². The van der Waals surface area contributed by atoms with Gasteiger partial charge in [-0.05, 0) is 117 Å². The zero-order valence-electron chi connectivity index (χ0n) is 22.1. The Kier molecular flexibility index (Phi) is 6.79. The highest BCUT2D eigenvalue weighted by molar-refractivity contribution is 5.68. The van der Waals surface area contributed by atoms with Crippen LogP contribution in [0.15, 0.2) is 35.9 Å². The van der Waals surface area contributed by atoms with E-state index in [1.54, 1.807) is 5.57 Å². The molecule has 0 heterocycles. The van der Waals surface area contributed by atoms with Crippen LogP contribution in [0.3, 0.4) is 0 Å². The van der Waals surface area contributed by atoms with Crippen LogP contribution in [0.1, 0.15) is 85.0 Å². The standard InChI is InChI=1S/C31H48N2O/c1-21(8-7-19-33-29-10-6-5-9-28(29)32-4)25-13-14-26-24-12-11-22-20-23(34)15-17-30(22,2)27(24)16-18-31(25,26)3/h5-6,9-11,21,23-27,32-34H,7-8,12-20H2,1-4H3/t21-,23+,24+,25-,26+,27+,30+,31-/m1/s1. The molecule has 0 aromatic heterocycles. The monoisotopic (exact) mass is 464 g/mol. The van der Waals surface area contributed by atoms with Gasteiger partial charge in [-0.3, -0.25) is 0 Å². The van der Waals surface area contributed by atoms with Crippen molar-refractivity contribution in [3.05, 3.63) is 35.9 Å². The molecule has 3 fully saturated rings. The molecular weight excluding hydrogens is 416 g/mol. The highest BCUT2D eigenvalue weighted by Crippen LogP contribution is 2.67. The van der Waals surface area contributed by atoms with Crippen LogP contribution < -0.4 is 10.6 Å². The Balaban J connectivity index is 1.20. The second kappa shape index (κ2) is 9.52. The van der Waals surface area contributed by atoms with Crippen LogP contribution in [0.25, 0.3) is 0 Å². The van der Waals surface area contributed by atoms with Gasteiger partial charge in [0.2, 0.25) is 0 Å². The van der Waals surface area contributed by atoms with Crippen LogP contribution in [0, 0.1) is 40.4 Å². The van der Waals surface area contributed by atoms with E-state index in [0.717, 1.165) is 49.0 Å². The first kappa shape index (κ1) is 24.2. The summed E-state index contributed by atoms with van der Waals surface area (Å²) < 4.78 is 0. The molecule has 3 saturated carbocycles. The largest absolute Gasteiger partial charge is 0.393 e. The zero-order valence-corrected chi connectivity index (χ0v) is 22.1. The van der Waals surface area contributed by atoms with Gasteiger partial charge < -0.3 is 15.7 Å². The minimum atomic E-state index is -0.0948. The number of aliphatic hydroxyl groups is 1. The topological polar surface area (TPSA) is 44.3 Å². The van der Waals surface area contributed by atoms with Crippen molar-refractivity contribution in [2.24, 2.45) is 40.4 Å². The van der Waals surface area contributed by atoms with Crippen LogP contribution >= 0.6 is 0 Å². The summed E-state index contributed by atoms with van der Waals surface area (Å²) in [6.45, 7) is 8.83. The fourth-order valence-corrected chi connectivity index (χ4v) is 9.32. The normalized spacial score (nSPS) is 39.9. The average molecular weight is 465 g/mol. The highest BCUT2D eigenvalue weighted by atomic mass is 16.3. The van der Waals surface area contributed by atoms with Crippen molar-refractivity contribution in [3.8, 4) is 0 Å². The molecule has 1 aromatic rings. The summed E-state index contributed by atoms with van der Waals surface area (Å²) in [6.07, 6.45) is 15.2. The number of hydrogen-bond acceptors (Lipinski definition) is 3. The molecule has 8 atom stereocenters. The fraction of sp³-hybridized carbons (Fsp3) is 0.742. The number of hydrogen-bond donors (Lipinski definition) is 3. The lowest BCUT2D eigenvalue weighted by Gasteiger charge is -2.58. The first-order chi connectivity index (χ1) is 16.4. The number of benzene rings is 1. The smallest absolute Gasteiger partial charge is 0.0577 e. The number of aliphatic hydroxyl groups excluding tert-OH is 1. The second-order valence-electron chi connectivity index (χ2n) is 12.7. The molecule has 0 spiro atoms. The van der Waals surface area contributed by atoms with Gasteiger partial charge in [-0.2, -0.15) is 0 Å². The highest BCUT2D eigenvalue weighted by Gasteiger charge is 2.59. The summed E-state index contributed by atoms with van der Waals surface area (Å²) in [5, 5.41) is 17.2. The summed E-state index contributed by atoms with van der Waals surface area (Å²) in [6, 6.07) is 8.51. The molecule has 0 bridgehead atoms. The van der Waals surface area contributed by atoms with Crippen molar-refractivity contribution >= 4 is 11.4 Å². The second-order valence-corrected chi connectivity index (χ2v) is 12.7. The maximum Gasteiger partial charge on any atom is 0.0577 e. The van der Waals surface area contributed by atoms with Gasteiger partial charge in [0.15, 0.2) is 0 Å². The van der Waals surface area contributed by atoms with Crippen LogP contribution in [-0.4, -0.2) is 24.8 Å². The van der Waals surface area contributed by atoms with Crippen molar-refractivity contribution in [3.63, 3.8) is 0 Å². The summed E-state index contributed by atoms with van der Waals surface area (Å²) in [4.78, 5) is 0. The number of para-hydroxylation sites is 2. The van der Waals surface area contributed by atoms with E-state index in [2.05, 4.69) is 61.7 Å². The van der Waals surface area contributed by atoms with Gasteiger partial charge in [0.1, 0.15) is 0 Å². The van der Waals surface area contributed by atoms with Crippen LogP contribution in [0.4, 0.5) is 11.4 Å². The third-order valence-corrected chi connectivity index (χ3v) is 11.2. The minimum absolute atomic E-state index is 0.0948. The summed E-state index contributed by atoms with van der Waals surface area (Å²) >= 11 is 0. The van der Waals surface area contributed by atoms with Crippen LogP contribution in [-0.2, 0) is 0 Å². The molecule has 0 amide bonds. The molecule has 0 radical (unpaired) electrons. The third-order valence-electron chi connectivity index (χ3n) is 11.2. The minimum Gasteiger partial charge on any atom is -0.393 e. The fourth-order valence-electron chi connectivity index (χ4n) is 9.32. The molecule has 3 nitrogen and oxygen atoms in total. The molecule has 3 N–H and O–H groups in total. The van der Waals surface area contributed by atoms with E-state index in [9.17, 15) is 5.11 Å². The lowest BCUT2D eigenvalue weighted by molar-refractivity contribution is -0.0572. The summed E-state index contributed by atoms with van der Waals surface area (Å²) in [5.74, 6) is 4.32. The number of fused-ring (bicyclic) bond motifs is 5. The Bertz CT molecular complexity index is 895. The van der Waals surface area contributed by atoms with Gasteiger partial charge in [-0.25, -0.2) is 0 Å². The maximum atomic E-state index is 10.3. The molecule has 0 unspecified atom stereocenters. The Labute approximate surface area is 208 Å². The van der Waals surface area contributed by atoms with Gasteiger partial charge in [0, 0.05) is 13.6 Å². The van der Waals surface area contributed by atoms with Crippen molar-refractivity contribution in [1.82, 2.24) is 0 Å². The first-order valence-corrected chi connectivity index (χ1v) is 14.2. The summed E-state index contributed by atoms with van der Waals surface area (Å²) in [7, 11) is 2.00. The van der Waals surface area contributed by atoms with E-state index < -0.39 is 0 Å². The molecular formula is C31H48N2O. The predicted molar refractivity (Wildman–Crippen MR) is 144 cm³/mol. The average Bonchev–Trinajstić information content (AvgIpc) is 3.19. The quantitative estimate of drug-likeness (QED) is 0.289. The molecule has 1 aromatic carbocycles. The molecule has 34 heavy (non-hydrogen) atoms. The van der Waals surface area contributed by atoms with Gasteiger partial charge in [0.25, 0.3) is 0 Å². The lowest BCUT2D eigenvalue weighted by atomic mass is 9.47. The molecule has 4 aliphatic carbocycles. The molecule has 0 saturated heterocycles. The van der Waals surface area contributed by atoms with E-state index in [-0.39, 0.29) is 6.10 Å². The van der Waals surface area contributed by atoms with Crippen LogP contribution in [0.2, 0.25) is 0 Å². The van der Waals surface area contributed by atoms with E-state index in [1.807, 2.05) is 7.05 Å². The van der Waals surface area contributed by atoms with Crippen molar-refractivity contribution in [1.29, 1.82) is 0 Å². The molecule has 0 aliphatic heterocycles. The van der Waals surface area contributed by atoms with E-state index in [4.69, 9.17) is 0 Å². The van der Waals surface area contributed by atoms with Crippen molar-refractivity contribution in [2.75, 3.05) is 24.2 Å². The van der Waals surface area contributed by atoms with Crippen LogP contribution in [0.5, 0.6) is 0 Å². The Hall–Kier alpha value is -1.48. The molecule has 3 heteroatoms. The number of allylic oxidation sites excluding steroid dienone is 1. The number of nitrogens with one attached hydrogen (secondary N) is 2. The predicted octanol–water partition coefficient (Wildman–Crippen LogP) is 7.50. The maximum absolute atomic E-state index is 10.3. The lowest BCUT2D eigenvalue weighted by Crippen LogP contribution is -2.50. The van der Waals surface area contributed by atoms with Crippen molar-refractivity contribution < 1.29 is 5.11 Å². The van der Waals surface area contributed by atoms with Crippen molar-refractivity contribution in [2.45, 2.75) is 91.1 Å². The molecule has 188 valence electrons. The number of anilines is 2. The summed E-state index contributed by atoms with van der Waals surface area (Å²) in [5.41, 5.74) is 4.90. The SMILES string of the molecule is CNc1ccccc1NCCC[C@@H](C)[C@H]1CC[C@H]2[C@@H]3CC=C4C[C@@H](O)CC[C@]4(C)[C@H]3CC[C@]12C. The van der Waals surface area contributed by atoms with Gasteiger partial charge in [0.05, 0.1) is 17.5 Å². The third kappa shape index (κ3) is 4.10. The first-order valence-electron chi connectivity index (χ1n) is 14.2. The zero-order chi connectivity index (χ0) is 23.9. The van der Waals surface area contributed by atoms with Gasteiger partial charge in [-0.1, -0.05) is 44.6 Å². The van der Waals surface area contributed by atoms with Gasteiger partial charge >= 0.3 is 0 Å². The Morgan fingerprint density at radius 2 is 1.82 bits per heavy atom. The van der Waals surface area contributed by atoms with Gasteiger partial charge in [-0.15, -0.1) is 0 Å². The molecule has 5 rings (SSSR count). The number of rotatable bonds is 7.